The average Bonchev–Trinajstić information content (AvgIpc) is 2.43. The summed E-state index contributed by atoms with van der Waals surface area (Å²) >= 11 is 0. The zero-order valence-corrected chi connectivity index (χ0v) is 11.8. The molecule has 0 saturated heterocycles. The van der Waals surface area contributed by atoms with E-state index in [2.05, 4.69) is 18.0 Å². The first kappa shape index (κ1) is 13.7. The molecule has 0 spiro atoms. The molecular weight excluding hydrogens is 236 g/mol. The number of hydrogen-bond donors (Lipinski definition) is 1. The summed E-state index contributed by atoms with van der Waals surface area (Å²) in [6, 6.07) is 5.95. The van der Waals surface area contributed by atoms with Gasteiger partial charge in [-0.15, -0.1) is 0 Å². The van der Waals surface area contributed by atoms with Gasteiger partial charge in [0.1, 0.15) is 0 Å². The fraction of sp³-hybridized carbons (Fsp3) is 0.438. The Morgan fingerprint density at radius 3 is 2.95 bits per heavy atom. The molecule has 0 atom stereocenters. The summed E-state index contributed by atoms with van der Waals surface area (Å²) in [6.07, 6.45) is 2.07. The van der Waals surface area contributed by atoms with Gasteiger partial charge in [0.15, 0.2) is 0 Å². The van der Waals surface area contributed by atoms with E-state index in [1.807, 2.05) is 30.9 Å². The number of anilines is 1. The molecule has 1 N–H and O–H groups in total. The van der Waals surface area contributed by atoms with Crippen molar-refractivity contribution in [3.8, 4) is 0 Å². The van der Waals surface area contributed by atoms with Crippen molar-refractivity contribution < 1.29 is 4.79 Å². The molecule has 1 amide bonds. The van der Waals surface area contributed by atoms with Gasteiger partial charge >= 0.3 is 0 Å². The zero-order chi connectivity index (χ0) is 13.8. The molecule has 2 rings (SSSR count). The number of carbonyl (C=O) groups excluding carboxylic acids is 1. The minimum absolute atomic E-state index is 0.117. The number of amides is 1. The smallest absolute Gasteiger partial charge is 0.254 e. The summed E-state index contributed by atoms with van der Waals surface area (Å²) in [5.74, 6) is 0.117. The van der Waals surface area contributed by atoms with Crippen LogP contribution in [0.2, 0.25) is 0 Å². The predicted molar refractivity (Wildman–Crippen MR) is 79.6 cm³/mol. The number of benzene rings is 1. The summed E-state index contributed by atoms with van der Waals surface area (Å²) < 4.78 is 0. The highest BCUT2D eigenvalue weighted by Crippen LogP contribution is 2.26. The van der Waals surface area contributed by atoms with Crippen LogP contribution in [0.4, 0.5) is 5.69 Å². The molecule has 1 heterocycles. The van der Waals surface area contributed by atoms with E-state index >= 15 is 0 Å². The third-order valence-corrected chi connectivity index (χ3v) is 3.46. The van der Waals surface area contributed by atoms with Crippen LogP contribution in [0.25, 0.3) is 0 Å². The predicted octanol–water partition coefficient (Wildman–Crippen LogP) is 3.08. The van der Waals surface area contributed by atoms with Crippen molar-refractivity contribution in [2.24, 2.45) is 0 Å². The van der Waals surface area contributed by atoms with Crippen LogP contribution in [-0.2, 0) is 6.42 Å². The number of nitrogens with one attached hydrogen (secondary N) is 1. The van der Waals surface area contributed by atoms with Crippen LogP contribution >= 0.6 is 0 Å². The molecule has 3 heteroatoms. The van der Waals surface area contributed by atoms with Crippen molar-refractivity contribution >= 4 is 11.6 Å². The van der Waals surface area contributed by atoms with E-state index in [4.69, 9.17) is 0 Å². The van der Waals surface area contributed by atoms with Crippen LogP contribution in [0.1, 0.15) is 36.2 Å². The first-order valence-electron chi connectivity index (χ1n) is 6.93. The van der Waals surface area contributed by atoms with Gasteiger partial charge < -0.3 is 10.2 Å². The molecule has 1 aromatic rings. The number of hydrogen-bond acceptors (Lipinski definition) is 2. The Bertz CT molecular complexity index is 494. The summed E-state index contributed by atoms with van der Waals surface area (Å²) in [7, 11) is 0. The molecule has 1 aliphatic rings. The van der Waals surface area contributed by atoms with Crippen LogP contribution < -0.4 is 5.32 Å². The normalized spacial score (nSPS) is 13.4. The van der Waals surface area contributed by atoms with Crippen molar-refractivity contribution in [2.45, 2.75) is 26.7 Å². The van der Waals surface area contributed by atoms with Crippen LogP contribution in [0, 0.1) is 0 Å². The van der Waals surface area contributed by atoms with Crippen molar-refractivity contribution in [3.05, 3.63) is 41.5 Å². The third-order valence-electron chi connectivity index (χ3n) is 3.46. The van der Waals surface area contributed by atoms with Gasteiger partial charge in [-0.05, 0) is 44.4 Å². The van der Waals surface area contributed by atoms with Gasteiger partial charge in [0.25, 0.3) is 5.91 Å². The molecule has 0 bridgehead atoms. The molecule has 1 aliphatic heterocycles. The fourth-order valence-electron chi connectivity index (χ4n) is 2.53. The molecule has 0 aromatic heterocycles. The largest absolute Gasteiger partial charge is 0.385 e. The summed E-state index contributed by atoms with van der Waals surface area (Å²) in [4.78, 5) is 14.5. The summed E-state index contributed by atoms with van der Waals surface area (Å²) in [6.45, 7) is 10.2. The Morgan fingerprint density at radius 2 is 2.26 bits per heavy atom. The Morgan fingerprint density at radius 1 is 1.47 bits per heavy atom. The molecule has 0 fully saturated rings. The molecule has 0 saturated carbocycles. The quantitative estimate of drug-likeness (QED) is 0.842. The highest BCUT2D eigenvalue weighted by molar-refractivity contribution is 5.97. The number of rotatable bonds is 4. The van der Waals surface area contributed by atoms with Crippen molar-refractivity contribution in [2.75, 3.05) is 25.0 Å². The SMILES string of the molecule is C=C(C)CN(CC)C(=O)c1cccc2c1CCCN2. The van der Waals surface area contributed by atoms with Gasteiger partial charge in [0.2, 0.25) is 0 Å². The Labute approximate surface area is 115 Å². The van der Waals surface area contributed by atoms with E-state index in [-0.39, 0.29) is 5.91 Å². The molecule has 0 aliphatic carbocycles. The summed E-state index contributed by atoms with van der Waals surface area (Å²) in [5, 5.41) is 3.37. The lowest BCUT2D eigenvalue weighted by Gasteiger charge is -2.25. The number of carbonyl (C=O) groups is 1. The van der Waals surface area contributed by atoms with Gasteiger partial charge in [-0.1, -0.05) is 18.2 Å². The van der Waals surface area contributed by atoms with E-state index < -0.39 is 0 Å². The maximum atomic E-state index is 12.6. The third kappa shape index (κ3) is 2.98. The Kier molecular flexibility index (Phi) is 4.25. The minimum atomic E-state index is 0.117. The van der Waals surface area contributed by atoms with E-state index in [1.54, 1.807) is 0 Å². The van der Waals surface area contributed by atoms with Crippen molar-refractivity contribution in [3.63, 3.8) is 0 Å². The number of nitrogens with zero attached hydrogens (tertiary/aromatic N) is 1. The minimum Gasteiger partial charge on any atom is -0.385 e. The standard InChI is InChI=1S/C16H22N2O/c1-4-18(11-12(2)3)16(19)14-7-5-9-15-13(14)8-6-10-17-15/h5,7,9,17H,2,4,6,8,10-11H2,1,3H3. The number of fused-ring (bicyclic) bond motifs is 1. The second-order valence-electron chi connectivity index (χ2n) is 5.14. The highest BCUT2D eigenvalue weighted by Gasteiger charge is 2.20. The van der Waals surface area contributed by atoms with Gasteiger partial charge in [0.05, 0.1) is 0 Å². The van der Waals surface area contributed by atoms with Crippen LogP contribution in [-0.4, -0.2) is 30.4 Å². The maximum absolute atomic E-state index is 12.6. The molecular formula is C16H22N2O. The average molecular weight is 258 g/mol. The highest BCUT2D eigenvalue weighted by atomic mass is 16.2. The number of likely N-dealkylation sites (N-methyl/N-ethyl adjacent to an activating group) is 1. The zero-order valence-electron chi connectivity index (χ0n) is 11.8. The Balaban J connectivity index is 2.30. The topological polar surface area (TPSA) is 32.3 Å². The van der Waals surface area contributed by atoms with Gasteiger partial charge in [-0.2, -0.15) is 0 Å². The van der Waals surface area contributed by atoms with E-state index in [1.165, 1.54) is 5.56 Å². The monoisotopic (exact) mass is 258 g/mol. The van der Waals surface area contributed by atoms with Crippen molar-refractivity contribution in [1.29, 1.82) is 0 Å². The molecule has 102 valence electrons. The van der Waals surface area contributed by atoms with Crippen molar-refractivity contribution in [1.82, 2.24) is 4.90 Å². The van der Waals surface area contributed by atoms with Crippen LogP contribution in [0.3, 0.4) is 0 Å². The van der Waals surface area contributed by atoms with Gasteiger partial charge in [-0.3, -0.25) is 4.79 Å². The molecule has 1 aromatic carbocycles. The molecule has 0 unspecified atom stereocenters. The molecule has 19 heavy (non-hydrogen) atoms. The lowest BCUT2D eigenvalue weighted by molar-refractivity contribution is 0.0777. The van der Waals surface area contributed by atoms with Crippen LogP contribution in [0.15, 0.2) is 30.4 Å². The summed E-state index contributed by atoms with van der Waals surface area (Å²) in [5.41, 5.74) is 4.13. The lowest BCUT2D eigenvalue weighted by atomic mass is 9.96. The Hall–Kier alpha value is -1.77. The first-order valence-corrected chi connectivity index (χ1v) is 6.93. The molecule has 0 radical (unpaired) electrons. The van der Waals surface area contributed by atoms with E-state index in [9.17, 15) is 4.79 Å². The fourth-order valence-corrected chi connectivity index (χ4v) is 2.53. The second kappa shape index (κ2) is 5.91. The van der Waals surface area contributed by atoms with Gasteiger partial charge in [-0.25, -0.2) is 0 Å². The molecule has 3 nitrogen and oxygen atoms in total. The first-order chi connectivity index (χ1) is 9.13. The van der Waals surface area contributed by atoms with Crippen LogP contribution in [0.5, 0.6) is 0 Å². The van der Waals surface area contributed by atoms with E-state index in [0.29, 0.717) is 13.1 Å². The lowest BCUT2D eigenvalue weighted by Crippen LogP contribution is -2.33. The second-order valence-corrected chi connectivity index (χ2v) is 5.14. The maximum Gasteiger partial charge on any atom is 0.254 e. The van der Waals surface area contributed by atoms with E-state index in [0.717, 1.165) is 36.2 Å². The van der Waals surface area contributed by atoms with Gasteiger partial charge in [0, 0.05) is 30.9 Å².